The van der Waals surface area contributed by atoms with Crippen molar-refractivity contribution < 1.29 is 0 Å². The van der Waals surface area contributed by atoms with E-state index in [1.54, 1.807) is 6.07 Å². The van der Waals surface area contributed by atoms with Gasteiger partial charge in [-0.15, -0.1) is 0 Å². The second-order valence-corrected chi connectivity index (χ2v) is 3.88. The molecular weight excluding hydrogens is 222 g/mol. The summed E-state index contributed by atoms with van der Waals surface area (Å²) in [5, 5.41) is 0. The molecule has 0 unspecified atom stereocenters. The van der Waals surface area contributed by atoms with Crippen molar-refractivity contribution in [2.75, 3.05) is 0 Å². The number of pyridine rings is 1. The van der Waals surface area contributed by atoms with Gasteiger partial charge in [0.1, 0.15) is 0 Å². The molecule has 0 bridgehead atoms. The molecule has 0 spiro atoms. The van der Waals surface area contributed by atoms with Crippen LogP contribution in [0.25, 0.3) is 11.3 Å². The maximum atomic E-state index is 11.2. The van der Waals surface area contributed by atoms with E-state index < -0.39 is 0 Å². The summed E-state index contributed by atoms with van der Waals surface area (Å²) in [4.78, 5) is 14.0. The highest BCUT2D eigenvalue weighted by atomic mass is 16.1. The van der Waals surface area contributed by atoms with Crippen molar-refractivity contribution in [3.05, 3.63) is 58.4 Å². The van der Waals surface area contributed by atoms with Gasteiger partial charge in [0.2, 0.25) is 5.56 Å². The number of aryl methyl sites for hydroxylation is 1. The molecular formula is C16H21NO. The van der Waals surface area contributed by atoms with Gasteiger partial charge in [0.15, 0.2) is 0 Å². The Labute approximate surface area is 109 Å². The standard InChI is InChI=1S/C14H15NO.C2H6/c1-2-4-11-7-9-12(10-8-11)13-5-3-6-14(16)15-13;1-2/h3,5-10H,2,4H2,1H3,(H,15,16);1-2H3. The summed E-state index contributed by atoms with van der Waals surface area (Å²) in [6.07, 6.45) is 2.26. The van der Waals surface area contributed by atoms with Crippen molar-refractivity contribution in [3.8, 4) is 11.3 Å². The van der Waals surface area contributed by atoms with Gasteiger partial charge in [-0.25, -0.2) is 0 Å². The lowest BCUT2D eigenvalue weighted by atomic mass is 10.1. The minimum absolute atomic E-state index is 0.0601. The molecule has 1 N–H and O–H groups in total. The molecule has 1 aromatic carbocycles. The zero-order valence-corrected chi connectivity index (χ0v) is 11.4. The number of hydrogen-bond acceptors (Lipinski definition) is 1. The molecule has 2 nitrogen and oxygen atoms in total. The molecule has 0 aliphatic carbocycles. The first-order chi connectivity index (χ1) is 8.79. The quantitative estimate of drug-likeness (QED) is 0.867. The van der Waals surface area contributed by atoms with Crippen LogP contribution in [0, 0.1) is 0 Å². The van der Waals surface area contributed by atoms with E-state index >= 15 is 0 Å². The molecule has 0 saturated heterocycles. The Kier molecular flexibility index (Phi) is 5.92. The molecule has 2 heteroatoms. The SMILES string of the molecule is CC.CCCc1ccc(-c2cccc(=O)[nH]2)cc1. The number of benzene rings is 1. The van der Waals surface area contributed by atoms with E-state index in [1.165, 1.54) is 11.6 Å². The van der Waals surface area contributed by atoms with E-state index in [4.69, 9.17) is 0 Å². The molecule has 0 saturated carbocycles. The van der Waals surface area contributed by atoms with Crippen molar-refractivity contribution in [3.63, 3.8) is 0 Å². The van der Waals surface area contributed by atoms with E-state index in [9.17, 15) is 4.79 Å². The van der Waals surface area contributed by atoms with Gasteiger partial charge in [-0.1, -0.05) is 57.5 Å². The Morgan fingerprint density at radius 2 is 1.67 bits per heavy atom. The van der Waals surface area contributed by atoms with Crippen LogP contribution in [0.3, 0.4) is 0 Å². The monoisotopic (exact) mass is 243 g/mol. The molecule has 2 aromatic rings. The molecule has 0 aliphatic rings. The largest absolute Gasteiger partial charge is 0.322 e. The van der Waals surface area contributed by atoms with Crippen LogP contribution in [-0.2, 0) is 6.42 Å². The Balaban J connectivity index is 0.000000771. The molecule has 0 radical (unpaired) electrons. The van der Waals surface area contributed by atoms with Crippen molar-refractivity contribution >= 4 is 0 Å². The first kappa shape index (κ1) is 14.2. The third kappa shape index (κ3) is 3.88. The lowest BCUT2D eigenvalue weighted by molar-refractivity contribution is 0.922. The number of hydrogen-bond donors (Lipinski definition) is 1. The highest BCUT2D eigenvalue weighted by molar-refractivity contribution is 5.58. The van der Waals surface area contributed by atoms with Crippen molar-refractivity contribution in [1.82, 2.24) is 4.98 Å². The van der Waals surface area contributed by atoms with E-state index in [-0.39, 0.29) is 5.56 Å². The highest BCUT2D eigenvalue weighted by Crippen LogP contribution is 2.16. The Morgan fingerprint density at radius 1 is 1.00 bits per heavy atom. The van der Waals surface area contributed by atoms with Crippen molar-refractivity contribution in [1.29, 1.82) is 0 Å². The van der Waals surface area contributed by atoms with Gasteiger partial charge in [0.05, 0.1) is 0 Å². The van der Waals surface area contributed by atoms with Crippen LogP contribution in [-0.4, -0.2) is 4.98 Å². The van der Waals surface area contributed by atoms with Gasteiger partial charge < -0.3 is 4.98 Å². The summed E-state index contributed by atoms with van der Waals surface area (Å²) in [5.74, 6) is 0. The van der Waals surface area contributed by atoms with Gasteiger partial charge in [-0.2, -0.15) is 0 Å². The van der Waals surface area contributed by atoms with Crippen LogP contribution in [0.2, 0.25) is 0 Å². The highest BCUT2D eigenvalue weighted by Gasteiger charge is 1.98. The number of rotatable bonds is 3. The smallest absolute Gasteiger partial charge is 0.248 e. The molecule has 96 valence electrons. The van der Waals surface area contributed by atoms with E-state index in [0.29, 0.717) is 0 Å². The maximum Gasteiger partial charge on any atom is 0.248 e. The Hall–Kier alpha value is -1.83. The fourth-order valence-electron chi connectivity index (χ4n) is 1.76. The molecule has 0 atom stereocenters. The fraction of sp³-hybridized carbons (Fsp3) is 0.312. The minimum atomic E-state index is -0.0601. The third-order valence-corrected chi connectivity index (χ3v) is 2.57. The Morgan fingerprint density at radius 3 is 2.22 bits per heavy atom. The van der Waals surface area contributed by atoms with Crippen LogP contribution in [0.4, 0.5) is 0 Å². The summed E-state index contributed by atoms with van der Waals surface area (Å²) in [6.45, 7) is 6.17. The third-order valence-electron chi connectivity index (χ3n) is 2.57. The van der Waals surface area contributed by atoms with Crippen LogP contribution < -0.4 is 5.56 Å². The van der Waals surface area contributed by atoms with Gasteiger partial charge in [0, 0.05) is 11.8 Å². The number of aromatic amines is 1. The van der Waals surface area contributed by atoms with Crippen LogP contribution in [0.1, 0.15) is 32.8 Å². The Bertz CT molecular complexity index is 511. The summed E-state index contributed by atoms with van der Waals surface area (Å²) < 4.78 is 0. The number of aromatic nitrogens is 1. The van der Waals surface area contributed by atoms with Gasteiger partial charge in [-0.3, -0.25) is 4.79 Å². The predicted octanol–water partition coefficient (Wildman–Crippen LogP) is 4.02. The average molecular weight is 243 g/mol. The van der Waals surface area contributed by atoms with Crippen molar-refractivity contribution in [2.24, 2.45) is 0 Å². The van der Waals surface area contributed by atoms with E-state index in [0.717, 1.165) is 24.1 Å². The average Bonchev–Trinajstić information content (AvgIpc) is 2.42. The second-order valence-electron chi connectivity index (χ2n) is 3.88. The summed E-state index contributed by atoms with van der Waals surface area (Å²) in [5.41, 5.74) is 3.20. The predicted molar refractivity (Wildman–Crippen MR) is 77.8 cm³/mol. The van der Waals surface area contributed by atoms with Gasteiger partial charge in [-0.05, 0) is 23.6 Å². The van der Waals surface area contributed by atoms with Gasteiger partial charge in [0.25, 0.3) is 0 Å². The summed E-state index contributed by atoms with van der Waals surface area (Å²) >= 11 is 0. The van der Waals surface area contributed by atoms with Crippen molar-refractivity contribution in [2.45, 2.75) is 33.6 Å². The molecule has 0 aliphatic heterocycles. The normalized spacial score (nSPS) is 9.50. The zero-order chi connectivity index (χ0) is 13.4. The zero-order valence-electron chi connectivity index (χ0n) is 11.4. The number of nitrogens with one attached hydrogen (secondary N) is 1. The van der Waals surface area contributed by atoms with E-state index in [2.05, 4.69) is 36.2 Å². The van der Waals surface area contributed by atoms with E-state index in [1.807, 2.05) is 19.9 Å². The van der Waals surface area contributed by atoms with Crippen LogP contribution in [0.15, 0.2) is 47.3 Å². The lowest BCUT2D eigenvalue weighted by Gasteiger charge is -2.03. The summed E-state index contributed by atoms with van der Waals surface area (Å²) in [6, 6.07) is 13.5. The van der Waals surface area contributed by atoms with Crippen LogP contribution >= 0.6 is 0 Å². The lowest BCUT2D eigenvalue weighted by Crippen LogP contribution is -2.03. The topological polar surface area (TPSA) is 32.9 Å². The maximum absolute atomic E-state index is 11.2. The summed E-state index contributed by atoms with van der Waals surface area (Å²) in [7, 11) is 0. The molecule has 0 amide bonds. The minimum Gasteiger partial charge on any atom is -0.322 e. The van der Waals surface area contributed by atoms with Gasteiger partial charge >= 0.3 is 0 Å². The molecule has 0 fully saturated rings. The first-order valence-corrected chi connectivity index (χ1v) is 6.58. The number of H-pyrrole nitrogens is 1. The molecule has 1 heterocycles. The van der Waals surface area contributed by atoms with Crippen LogP contribution in [0.5, 0.6) is 0 Å². The first-order valence-electron chi connectivity index (χ1n) is 6.58. The molecule has 1 aromatic heterocycles. The molecule has 2 rings (SSSR count). The fourth-order valence-corrected chi connectivity index (χ4v) is 1.76. The molecule has 18 heavy (non-hydrogen) atoms. The second kappa shape index (κ2) is 7.49.